The van der Waals surface area contributed by atoms with Crippen molar-refractivity contribution in [3.63, 3.8) is 0 Å². The predicted octanol–water partition coefficient (Wildman–Crippen LogP) is 4.58. The molecule has 0 bridgehead atoms. The number of nitrogens with zero attached hydrogens (tertiary/aromatic N) is 3. The summed E-state index contributed by atoms with van der Waals surface area (Å²) in [7, 11) is -3.88. The van der Waals surface area contributed by atoms with E-state index in [1.807, 2.05) is 0 Å². The SMILES string of the molecule is C#CCn1c(=NC(=O)C2CCCN2S(=O)(=O)c2ccc(Cl)cc2)sc2c(Cl)ccc(Cl)c21. The molecular formula is C21H16Cl3N3O3S2. The number of terminal acetylenes is 1. The largest absolute Gasteiger partial charge is 0.303 e. The van der Waals surface area contributed by atoms with E-state index in [0.717, 1.165) is 0 Å². The molecule has 0 aliphatic carbocycles. The van der Waals surface area contributed by atoms with E-state index in [9.17, 15) is 13.2 Å². The van der Waals surface area contributed by atoms with Crippen molar-refractivity contribution in [2.45, 2.75) is 30.3 Å². The Kier molecular flexibility index (Phi) is 6.68. The average Bonchev–Trinajstić information content (AvgIpc) is 3.38. The Labute approximate surface area is 204 Å². The molecule has 32 heavy (non-hydrogen) atoms. The van der Waals surface area contributed by atoms with Gasteiger partial charge in [-0.25, -0.2) is 8.42 Å². The van der Waals surface area contributed by atoms with Gasteiger partial charge in [-0.3, -0.25) is 4.79 Å². The fourth-order valence-corrected chi connectivity index (χ4v) is 7.05. The van der Waals surface area contributed by atoms with Crippen LogP contribution < -0.4 is 4.80 Å². The average molecular weight is 529 g/mol. The molecule has 1 aliphatic rings. The van der Waals surface area contributed by atoms with Crippen LogP contribution in [0.2, 0.25) is 15.1 Å². The highest BCUT2D eigenvalue weighted by atomic mass is 35.5. The molecule has 3 aromatic rings. The van der Waals surface area contributed by atoms with E-state index in [4.69, 9.17) is 41.2 Å². The van der Waals surface area contributed by atoms with Crippen molar-refractivity contribution in [3.8, 4) is 12.3 Å². The summed E-state index contributed by atoms with van der Waals surface area (Å²) < 4.78 is 29.8. The van der Waals surface area contributed by atoms with Crippen LogP contribution in [0.4, 0.5) is 0 Å². The van der Waals surface area contributed by atoms with E-state index >= 15 is 0 Å². The molecule has 4 rings (SSSR count). The van der Waals surface area contributed by atoms with Crippen LogP contribution in [-0.4, -0.2) is 35.8 Å². The van der Waals surface area contributed by atoms with Gasteiger partial charge in [0, 0.05) is 11.6 Å². The van der Waals surface area contributed by atoms with Gasteiger partial charge in [-0.2, -0.15) is 9.30 Å². The first-order chi connectivity index (χ1) is 15.2. The van der Waals surface area contributed by atoms with Crippen LogP contribution in [0, 0.1) is 12.3 Å². The summed E-state index contributed by atoms with van der Waals surface area (Å²) in [4.78, 5) is 17.8. The Balaban J connectivity index is 1.76. The summed E-state index contributed by atoms with van der Waals surface area (Å²) in [5.74, 6) is 1.97. The Morgan fingerprint density at radius 1 is 1.16 bits per heavy atom. The van der Waals surface area contributed by atoms with E-state index in [1.54, 1.807) is 16.7 Å². The summed E-state index contributed by atoms with van der Waals surface area (Å²) in [5, 5.41) is 1.31. The lowest BCUT2D eigenvalue weighted by Gasteiger charge is -2.21. The summed E-state index contributed by atoms with van der Waals surface area (Å²) in [5.41, 5.74) is 0.589. The van der Waals surface area contributed by atoms with Gasteiger partial charge in [-0.15, -0.1) is 6.42 Å². The van der Waals surface area contributed by atoms with Crippen molar-refractivity contribution in [2.75, 3.05) is 6.54 Å². The first kappa shape index (κ1) is 23.3. The zero-order chi connectivity index (χ0) is 23.0. The van der Waals surface area contributed by atoms with Gasteiger partial charge in [-0.1, -0.05) is 52.1 Å². The van der Waals surface area contributed by atoms with Crippen molar-refractivity contribution in [1.82, 2.24) is 8.87 Å². The van der Waals surface area contributed by atoms with Crippen LogP contribution in [-0.2, 0) is 21.4 Å². The molecule has 0 N–H and O–H groups in total. The van der Waals surface area contributed by atoms with E-state index in [0.29, 0.717) is 42.9 Å². The molecule has 1 saturated heterocycles. The number of hydrogen-bond acceptors (Lipinski definition) is 4. The maximum atomic E-state index is 13.1. The number of sulfonamides is 1. The lowest BCUT2D eigenvalue weighted by Crippen LogP contribution is -2.40. The highest BCUT2D eigenvalue weighted by Crippen LogP contribution is 2.32. The Bertz CT molecular complexity index is 1420. The number of aromatic nitrogens is 1. The number of carbonyl (C=O) groups is 1. The molecule has 0 saturated carbocycles. The maximum Gasteiger partial charge on any atom is 0.266 e. The topological polar surface area (TPSA) is 71.7 Å². The summed E-state index contributed by atoms with van der Waals surface area (Å²) in [6.07, 6.45) is 6.43. The summed E-state index contributed by atoms with van der Waals surface area (Å²) >= 11 is 19.7. The van der Waals surface area contributed by atoms with E-state index in [-0.39, 0.29) is 18.0 Å². The molecule has 1 atom stereocenters. The first-order valence-corrected chi connectivity index (χ1v) is 12.9. The zero-order valence-corrected chi connectivity index (χ0v) is 20.4. The molecule has 1 fully saturated rings. The van der Waals surface area contributed by atoms with Crippen molar-refractivity contribution >= 4 is 72.3 Å². The van der Waals surface area contributed by atoms with Crippen LogP contribution in [0.3, 0.4) is 0 Å². The number of hydrogen-bond donors (Lipinski definition) is 0. The molecule has 1 amide bonds. The van der Waals surface area contributed by atoms with Crippen molar-refractivity contribution in [3.05, 3.63) is 56.3 Å². The molecule has 0 radical (unpaired) electrons. The zero-order valence-electron chi connectivity index (χ0n) is 16.5. The van der Waals surface area contributed by atoms with E-state index < -0.39 is 22.0 Å². The Morgan fingerprint density at radius 2 is 1.84 bits per heavy atom. The van der Waals surface area contributed by atoms with Crippen LogP contribution in [0.5, 0.6) is 0 Å². The van der Waals surface area contributed by atoms with Gasteiger partial charge in [0.1, 0.15) is 6.04 Å². The third-order valence-corrected chi connectivity index (χ3v) is 9.11. The number of amides is 1. The van der Waals surface area contributed by atoms with Gasteiger partial charge < -0.3 is 4.57 Å². The van der Waals surface area contributed by atoms with E-state index in [1.165, 1.54) is 39.9 Å². The highest BCUT2D eigenvalue weighted by Gasteiger charge is 2.39. The molecule has 2 aromatic carbocycles. The molecule has 11 heteroatoms. The first-order valence-electron chi connectivity index (χ1n) is 9.51. The smallest absolute Gasteiger partial charge is 0.266 e. The normalized spacial score (nSPS) is 17.7. The van der Waals surface area contributed by atoms with Crippen molar-refractivity contribution in [2.24, 2.45) is 4.99 Å². The third kappa shape index (κ3) is 4.21. The van der Waals surface area contributed by atoms with Gasteiger partial charge in [0.05, 0.1) is 31.7 Å². The van der Waals surface area contributed by atoms with Gasteiger partial charge >= 0.3 is 0 Å². The number of rotatable bonds is 4. The quantitative estimate of drug-likeness (QED) is 0.466. The standard InChI is InChI=1S/C21H16Cl3N3O3S2/c1-2-11-26-18-15(23)9-10-16(24)19(18)31-21(26)25-20(28)17-4-3-12-27(17)32(29,30)14-7-5-13(22)6-8-14/h1,5-10,17H,3-4,11-12H2. The van der Waals surface area contributed by atoms with Crippen molar-refractivity contribution in [1.29, 1.82) is 0 Å². The second kappa shape index (κ2) is 9.18. The Hall–Kier alpha value is -1.86. The van der Waals surface area contributed by atoms with Crippen LogP contribution in [0.25, 0.3) is 10.2 Å². The number of thiazole rings is 1. The minimum Gasteiger partial charge on any atom is -0.303 e. The van der Waals surface area contributed by atoms with Crippen LogP contribution >= 0.6 is 46.1 Å². The monoisotopic (exact) mass is 527 g/mol. The number of benzene rings is 2. The molecule has 1 aromatic heterocycles. The molecule has 6 nitrogen and oxygen atoms in total. The van der Waals surface area contributed by atoms with Crippen LogP contribution in [0.1, 0.15) is 12.8 Å². The fourth-order valence-electron chi connectivity index (χ4n) is 3.62. The summed E-state index contributed by atoms with van der Waals surface area (Å²) in [6, 6.07) is 8.24. The van der Waals surface area contributed by atoms with Crippen LogP contribution in [0.15, 0.2) is 46.3 Å². The molecule has 166 valence electrons. The molecule has 1 aliphatic heterocycles. The molecular weight excluding hydrogens is 513 g/mol. The lowest BCUT2D eigenvalue weighted by molar-refractivity contribution is -0.121. The maximum absolute atomic E-state index is 13.1. The van der Waals surface area contributed by atoms with Gasteiger partial charge in [0.15, 0.2) is 4.80 Å². The second-order valence-electron chi connectivity index (χ2n) is 7.06. The molecule has 2 heterocycles. The van der Waals surface area contributed by atoms with E-state index in [2.05, 4.69) is 10.9 Å². The Morgan fingerprint density at radius 3 is 2.53 bits per heavy atom. The number of fused-ring (bicyclic) bond motifs is 1. The minimum atomic E-state index is -3.88. The second-order valence-corrected chi connectivity index (χ2v) is 11.2. The van der Waals surface area contributed by atoms with Crippen molar-refractivity contribution < 1.29 is 13.2 Å². The van der Waals surface area contributed by atoms with Gasteiger partial charge in [-0.05, 0) is 49.2 Å². The summed E-state index contributed by atoms with van der Waals surface area (Å²) in [6.45, 7) is 0.356. The van der Waals surface area contributed by atoms with Gasteiger partial charge in [0.25, 0.3) is 5.91 Å². The number of halogens is 3. The lowest BCUT2D eigenvalue weighted by atomic mass is 10.2. The predicted molar refractivity (Wildman–Crippen MR) is 128 cm³/mol. The minimum absolute atomic E-state index is 0.0735. The third-order valence-electron chi connectivity index (χ3n) is 5.09. The number of carbonyl (C=O) groups excluding carboxylic acids is 1. The highest BCUT2D eigenvalue weighted by molar-refractivity contribution is 7.89. The fraction of sp³-hybridized carbons (Fsp3) is 0.238. The molecule has 0 spiro atoms. The molecule has 1 unspecified atom stereocenters. The van der Waals surface area contributed by atoms with Gasteiger partial charge in [0.2, 0.25) is 10.0 Å².